The van der Waals surface area contributed by atoms with Crippen molar-refractivity contribution in [2.24, 2.45) is 0 Å². The molecule has 0 radical (unpaired) electrons. The van der Waals surface area contributed by atoms with Gasteiger partial charge >= 0.3 is 0 Å². The fourth-order valence-electron chi connectivity index (χ4n) is 4.59. The zero-order valence-corrected chi connectivity index (χ0v) is 18.1. The predicted octanol–water partition coefficient (Wildman–Crippen LogP) is 4.70. The minimum Gasteiger partial charge on any atom is -0.346 e. The van der Waals surface area contributed by atoms with Crippen LogP contribution in [0, 0.1) is 0 Å². The number of ether oxygens (including phenoxy) is 6. The Hall–Kier alpha value is -2.58. The van der Waals surface area contributed by atoms with Gasteiger partial charge in [0.05, 0.1) is 13.2 Å². The molecular formula is C27H26O6. The van der Waals surface area contributed by atoms with Crippen molar-refractivity contribution in [3.63, 3.8) is 0 Å². The minimum absolute atomic E-state index is 0.307. The third kappa shape index (κ3) is 4.34. The van der Waals surface area contributed by atoms with Crippen LogP contribution in [0.5, 0.6) is 0 Å². The van der Waals surface area contributed by atoms with E-state index in [1.54, 1.807) is 0 Å². The normalized spacial score (nSPS) is 34.0. The average molecular weight is 446 g/mol. The van der Waals surface area contributed by atoms with Crippen molar-refractivity contribution in [2.75, 3.05) is 13.2 Å². The van der Waals surface area contributed by atoms with Gasteiger partial charge in [-0.3, -0.25) is 0 Å². The second-order valence-corrected chi connectivity index (χ2v) is 8.44. The third-order valence-corrected chi connectivity index (χ3v) is 6.25. The maximum atomic E-state index is 6.53. The summed E-state index contributed by atoms with van der Waals surface area (Å²) in [7, 11) is 0. The smallest absolute Gasteiger partial charge is 0.184 e. The van der Waals surface area contributed by atoms with Gasteiger partial charge in [0.15, 0.2) is 18.9 Å². The fraction of sp³-hybridized carbons (Fsp3) is 0.333. The van der Waals surface area contributed by atoms with E-state index in [9.17, 15) is 0 Å². The van der Waals surface area contributed by atoms with Crippen LogP contribution in [-0.2, 0) is 28.4 Å². The summed E-state index contributed by atoms with van der Waals surface area (Å²) < 4.78 is 38.4. The highest BCUT2D eigenvalue weighted by Crippen LogP contribution is 2.41. The maximum absolute atomic E-state index is 6.53. The molecule has 0 saturated carbocycles. The van der Waals surface area contributed by atoms with Crippen LogP contribution in [0.1, 0.15) is 35.6 Å². The molecule has 0 spiro atoms. The second kappa shape index (κ2) is 9.35. The first-order valence-corrected chi connectivity index (χ1v) is 11.3. The zero-order valence-electron chi connectivity index (χ0n) is 18.1. The Morgan fingerprint density at radius 2 is 0.788 bits per heavy atom. The highest BCUT2D eigenvalue weighted by atomic mass is 16.8. The molecule has 3 aliphatic heterocycles. The van der Waals surface area contributed by atoms with E-state index in [0.717, 1.165) is 16.7 Å². The molecule has 0 aromatic heterocycles. The first-order valence-electron chi connectivity index (χ1n) is 11.3. The SMILES string of the molecule is c1ccc(C2OC[C@H]3OC(c4ccccc4)O[C@H]4COC(c5ccccc5)O[C@H]3[C@@H]4O2)cc1. The topological polar surface area (TPSA) is 55.4 Å². The largest absolute Gasteiger partial charge is 0.346 e. The van der Waals surface area contributed by atoms with E-state index in [4.69, 9.17) is 28.4 Å². The van der Waals surface area contributed by atoms with Crippen LogP contribution in [0.25, 0.3) is 0 Å². The molecule has 0 amide bonds. The molecule has 3 aliphatic rings. The van der Waals surface area contributed by atoms with E-state index < -0.39 is 43.3 Å². The van der Waals surface area contributed by atoms with Gasteiger partial charge in [0, 0.05) is 16.7 Å². The molecule has 33 heavy (non-hydrogen) atoms. The van der Waals surface area contributed by atoms with Crippen molar-refractivity contribution in [2.45, 2.75) is 43.3 Å². The monoisotopic (exact) mass is 446 g/mol. The van der Waals surface area contributed by atoms with Crippen molar-refractivity contribution in [1.29, 1.82) is 0 Å². The summed E-state index contributed by atoms with van der Waals surface area (Å²) in [5.74, 6) is 0. The Labute approximate surface area is 192 Å². The van der Waals surface area contributed by atoms with E-state index in [1.807, 2.05) is 91.0 Å². The Morgan fingerprint density at radius 1 is 0.424 bits per heavy atom. The number of hydrogen-bond acceptors (Lipinski definition) is 6. The summed E-state index contributed by atoms with van der Waals surface area (Å²) in [5.41, 5.74) is 2.83. The molecule has 3 aromatic carbocycles. The van der Waals surface area contributed by atoms with Crippen molar-refractivity contribution in [3.05, 3.63) is 108 Å². The molecule has 6 heteroatoms. The maximum Gasteiger partial charge on any atom is 0.184 e. The first kappa shape index (κ1) is 21.0. The van der Waals surface area contributed by atoms with Gasteiger partial charge in [-0.25, -0.2) is 0 Å². The van der Waals surface area contributed by atoms with Crippen LogP contribution < -0.4 is 0 Å². The minimum atomic E-state index is -0.561. The van der Waals surface area contributed by atoms with Crippen LogP contribution in [0.3, 0.4) is 0 Å². The molecule has 6 rings (SSSR count). The summed E-state index contributed by atoms with van der Waals surface area (Å²) >= 11 is 0. The van der Waals surface area contributed by atoms with Crippen LogP contribution in [0.4, 0.5) is 0 Å². The highest BCUT2D eigenvalue weighted by molar-refractivity contribution is 5.19. The molecular weight excluding hydrogens is 420 g/mol. The molecule has 0 N–H and O–H groups in total. The summed E-state index contributed by atoms with van der Waals surface area (Å²) in [5, 5.41) is 0. The van der Waals surface area contributed by atoms with E-state index in [1.165, 1.54) is 0 Å². The van der Waals surface area contributed by atoms with Crippen LogP contribution in [-0.4, -0.2) is 37.6 Å². The molecule has 3 saturated heterocycles. The van der Waals surface area contributed by atoms with Crippen molar-refractivity contribution in [3.8, 4) is 0 Å². The Kier molecular flexibility index (Phi) is 5.94. The second-order valence-electron chi connectivity index (χ2n) is 8.44. The van der Waals surface area contributed by atoms with Gasteiger partial charge in [0.1, 0.15) is 24.4 Å². The van der Waals surface area contributed by atoms with Gasteiger partial charge in [-0.15, -0.1) is 0 Å². The summed E-state index contributed by atoms with van der Waals surface area (Å²) in [6.45, 7) is 0.614. The van der Waals surface area contributed by atoms with E-state index in [2.05, 4.69) is 0 Å². The van der Waals surface area contributed by atoms with E-state index in [0.29, 0.717) is 13.2 Å². The molecule has 3 unspecified atom stereocenters. The van der Waals surface area contributed by atoms with Crippen molar-refractivity contribution >= 4 is 0 Å². The summed E-state index contributed by atoms with van der Waals surface area (Å²) in [4.78, 5) is 0. The fourth-order valence-corrected chi connectivity index (χ4v) is 4.59. The molecule has 3 fully saturated rings. The molecule has 3 aromatic rings. The van der Waals surface area contributed by atoms with Gasteiger partial charge in [0.2, 0.25) is 0 Å². The first-order chi connectivity index (χ1) is 16.3. The Morgan fingerprint density at radius 3 is 1.18 bits per heavy atom. The summed E-state index contributed by atoms with van der Waals surface area (Å²) in [6, 6.07) is 29.7. The third-order valence-electron chi connectivity index (χ3n) is 6.25. The van der Waals surface area contributed by atoms with E-state index in [-0.39, 0.29) is 0 Å². The lowest BCUT2D eigenvalue weighted by molar-refractivity contribution is -0.262. The van der Waals surface area contributed by atoms with Crippen LogP contribution in [0.15, 0.2) is 91.0 Å². The molecule has 6 nitrogen and oxygen atoms in total. The lowest BCUT2D eigenvalue weighted by atomic mass is 10.0. The molecule has 4 bridgehead atoms. The van der Waals surface area contributed by atoms with Crippen molar-refractivity contribution in [1.82, 2.24) is 0 Å². The lowest BCUT2D eigenvalue weighted by Gasteiger charge is -2.29. The molecule has 3 heterocycles. The predicted molar refractivity (Wildman–Crippen MR) is 119 cm³/mol. The number of hydrogen-bond donors (Lipinski definition) is 0. The Balaban J connectivity index is 1.35. The lowest BCUT2D eigenvalue weighted by Crippen LogP contribution is -2.45. The van der Waals surface area contributed by atoms with Gasteiger partial charge in [-0.2, -0.15) is 0 Å². The van der Waals surface area contributed by atoms with Gasteiger partial charge < -0.3 is 28.4 Å². The molecule has 170 valence electrons. The van der Waals surface area contributed by atoms with Gasteiger partial charge in [0.25, 0.3) is 0 Å². The Bertz CT molecular complexity index is 965. The molecule has 0 aliphatic carbocycles. The highest BCUT2D eigenvalue weighted by Gasteiger charge is 2.50. The number of rotatable bonds is 3. The number of benzene rings is 3. The standard InChI is InChI=1S/C27H26O6/c1-4-10-18(11-5-1)25-28-16-21-24-23(32-25)22(31-27(30-21)20-14-8-3-9-15-20)17-29-26(33-24)19-12-6-2-7-13-19/h1-15,21-27H,16-17H2/t21-,22+,23-,24-,25?,26?,27?/m1/s1. The quantitative estimate of drug-likeness (QED) is 0.582. The van der Waals surface area contributed by atoms with Crippen LogP contribution >= 0.6 is 0 Å². The summed E-state index contributed by atoms with van der Waals surface area (Å²) in [6.07, 6.45) is -3.28. The van der Waals surface area contributed by atoms with Gasteiger partial charge in [-0.1, -0.05) is 91.0 Å². The molecule has 7 atom stereocenters. The van der Waals surface area contributed by atoms with E-state index >= 15 is 0 Å². The van der Waals surface area contributed by atoms with Crippen molar-refractivity contribution < 1.29 is 28.4 Å². The average Bonchev–Trinajstić information content (AvgIpc) is 3.24. The zero-order chi connectivity index (χ0) is 22.0. The van der Waals surface area contributed by atoms with Gasteiger partial charge in [-0.05, 0) is 0 Å². The van der Waals surface area contributed by atoms with Crippen LogP contribution in [0.2, 0.25) is 0 Å².